The number of nitrogens with zero attached hydrogens (tertiary/aromatic N) is 4. The van der Waals surface area contributed by atoms with E-state index in [1.165, 1.54) is 26.9 Å². The minimum absolute atomic E-state index is 0.0323. The van der Waals surface area contributed by atoms with E-state index in [1.54, 1.807) is 19.4 Å². The molecule has 10 heteroatoms. The molecule has 0 atom stereocenters. The number of thioether (sulfide) groups is 1. The number of hydrogen-bond donors (Lipinski definition) is 1. The number of carbonyl (C=O) groups excluding carboxylic acids is 2. The Morgan fingerprint density at radius 2 is 1.94 bits per heavy atom. The second-order valence-electron chi connectivity index (χ2n) is 8.38. The maximum absolute atomic E-state index is 13.3. The highest BCUT2D eigenvalue weighted by atomic mass is 32.2. The zero-order valence-corrected chi connectivity index (χ0v) is 21.2. The Bertz CT molecular complexity index is 1270. The van der Waals surface area contributed by atoms with Gasteiger partial charge in [-0.05, 0) is 39.9 Å². The van der Waals surface area contributed by atoms with Crippen LogP contribution in [0.25, 0.3) is 6.08 Å². The van der Waals surface area contributed by atoms with Crippen molar-refractivity contribution in [1.82, 2.24) is 5.27 Å². The lowest BCUT2D eigenvalue weighted by molar-refractivity contribution is -0.763. The minimum atomic E-state index is -0.306. The molecule has 1 aliphatic heterocycles. The molecular weight excluding hydrogens is 478 g/mol. The number of carbonyl (C=O) groups is 2. The standard InChI is InChI=1S/C26H27N5O4S/c1-18(2)20-11-9-19(10-12-20)15-22-25(33)31(21-7-5-4-6-8-21)26(27-22)36-17-23(32)28-24-16-30(29-35-24)13-14-34-3/h4-12,15-16,18H,13-14,17H2,1-3H3/p+1/b22-15+. The highest BCUT2D eigenvalue weighted by molar-refractivity contribution is 8.14. The van der Waals surface area contributed by atoms with Crippen molar-refractivity contribution in [2.75, 3.05) is 29.7 Å². The smallest absolute Gasteiger partial charge is 0.302 e. The van der Waals surface area contributed by atoms with Crippen molar-refractivity contribution in [3.8, 4) is 0 Å². The number of rotatable bonds is 9. The van der Waals surface area contributed by atoms with Crippen molar-refractivity contribution in [1.29, 1.82) is 0 Å². The lowest BCUT2D eigenvalue weighted by Crippen LogP contribution is -2.36. The molecule has 0 saturated carbocycles. The number of anilines is 2. The summed E-state index contributed by atoms with van der Waals surface area (Å²) in [4.78, 5) is 32.0. The first-order valence-corrected chi connectivity index (χ1v) is 12.5. The van der Waals surface area contributed by atoms with Crippen LogP contribution in [0.15, 0.2) is 76.0 Å². The van der Waals surface area contributed by atoms with Crippen molar-refractivity contribution in [2.24, 2.45) is 4.99 Å². The Morgan fingerprint density at radius 1 is 1.19 bits per heavy atom. The molecule has 4 rings (SSSR count). The predicted molar refractivity (Wildman–Crippen MR) is 140 cm³/mol. The number of aromatic nitrogens is 2. The van der Waals surface area contributed by atoms with Crippen molar-refractivity contribution in [3.05, 3.63) is 77.6 Å². The first kappa shape index (κ1) is 25.3. The number of methoxy groups -OCH3 is 1. The van der Waals surface area contributed by atoms with Gasteiger partial charge in [0.2, 0.25) is 17.7 Å². The molecule has 0 radical (unpaired) electrons. The second kappa shape index (κ2) is 11.8. The fourth-order valence-electron chi connectivity index (χ4n) is 3.46. The number of ether oxygens (including phenoxy) is 1. The average Bonchev–Trinajstić information content (AvgIpc) is 3.45. The predicted octanol–water partition coefficient (Wildman–Crippen LogP) is 3.85. The van der Waals surface area contributed by atoms with Crippen LogP contribution >= 0.6 is 11.8 Å². The van der Waals surface area contributed by atoms with Crippen LogP contribution < -0.4 is 14.9 Å². The van der Waals surface area contributed by atoms with Gasteiger partial charge in [0, 0.05) is 7.11 Å². The van der Waals surface area contributed by atoms with Gasteiger partial charge >= 0.3 is 5.88 Å². The normalized spacial score (nSPS) is 14.6. The van der Waals surface area contributed by atoms with Crippen LogP contribution in [0.2, 0.25) is 0 Å². The van der Waals surface area contributed by atoms with E-state index in [-0.39, 0.29) is 23.5 Å². The molecule has 2 amide bonds. The number of hydrogen-bond acceptors (Lipinski definition) is 7. The molecule has 0 spiro atoms. The van der Waals surface area contributed by atoms with Crippen molar-refractivity contribution in [2.45, 2.75) is 26.3 Å². The van der Waals surface area contributed by atoms with E-state index in [2.05, 4.69) is 41.6 Å². The van der Waals surface area contributed by atoms with Crippen LogP contribution in [-0.4, -0.2) is 41.7 Å². The molecule has 2 heterocycles. The van der Waals surface area contributed by atoms with Crippen molar-refractivity contribution in [3.63, 3.8) is 0 Å². The monoisotopic (exact) mass is 506 g/mol. The number of benzene rings is 2. The fraction of sp³-hybridized carbons (Fsp3) is 0.269. The van der Waals surface area contributed by atoms with Crippen LogP contribution in [-0.2, 0) is 20.9 Å². The van der Waals surface area contributed by atoms with Gasteiger partial charge in [-0.25, -0.2) is 4.99 Å². The number of amidine groups is 1. The first-order valence-electron chi connectivity index (χ1n) is 11.5. The summed E-state index contributed by atoms with van der Waals surface area (Å²) in [6.07, 6.45) is 3.35. The van der Waals surface area contributed by atoms with Crippen molar-refractivity contribution >= 4 is 46.4 Å². The molecule has 0 bridgehead atoms. The molecule has 2 aromatic carbocycles. The Hall–Kier alpha value is -3.76. The van der Waals surface area contributed by atoms with Gasteiger partial charge in [0.1, 0.15) is 12.3 Å². The van der Waals surface area contributed by atoms with Crippen LogP contribution in [0.3, 0.4) is 0 Å². The number of amides is 2. The van der Waals surface area contributed by atoms with E-state index >= 15 is 0 Å². The van der Waals surface area contributed by atoms with Crippen molar-refractivity contribution < 1.29 is 23.5 Å². The largest absolute Gasteiger partial charge is 0.378 e. The van der Waals surface area contributed by atoms with Gasteiger partial charge in [-0.1, -0.05) is 68.1 Å². The molecule has 186 valence electrons. The summed E-state index contributed by atoms with van der Waals surface area (Å²) in [5.74, 6) is 0.135. The summed E-state index contributed by atoms with van der Waals surface area (Å²) >= 11 is 1.17. The first-order chi connectivity index (χ1) is 17.4. The lowest BCUT2D eigenvalue weighted by atomic mass is 10.0. The second-order valence-corrected chi connectivity index (χ2v) is 9.32. The van der Waals surface area contributed by atoms with E-state index in [4.69, 9.17) is 9.26 Å². The Balaban J connectivity index is 1.49. The number of nitrogens with one attached hydrogen (secondary N) is 1. The Kier molecular flexibility index (Phi) is 8.29. The van der Waals surface area contributed by atoms with Gasteiger partial charge in [-0.3, -0.25) is 24.3 Å². The van der Waals surface area contributed by atoms with Gasteiger partial charge in [-0.15, -0.1) is 0 Å². The molecule has 0 aliphatic carbocycles. The number of aliphatic imine (C=N–C) groups is 1. The summed E-state index contributed by atoms with van der Waals surface area (Å²) in [6.45, 7) is 5.25. The molecule has 36 heavy (non-hydrogen) atoms. The molecular formula is C26H28N5O4S+. The van der Waals surface area contributed by atoms with E-state index in [1.807, 2.05) is 42.5 Å². The minimum Gasteiger partial charge on any atom is -0.378 e. The quantitative estimate of drug-likeness (QED) is 0.350. The molecule has 9 nitrogen and oxygen atoms in total. The van der Waals surface area contributed by atoms with E-state index in [0.29, 0.717) is 35.6 Å². The third-order valence-corrected chi connectivity index (χ3v) is 6.32. The Morgan fingerprint density at radius 3 is 2.64 bits per heavy atom. The van der Waals surface area contributed by atoms with Crippen LogP contribution in [0.1, 0.15) is 30.9 Å². The van der Waals surface area contributed by atoms with Gasteiger partial charge < -0.3 is 4.74 Å². The SMILES string of the molecule is COCC[n+]1cc(NC(=O)CSC2=N/C(=C/c3ccc(C(C)C)cc3)C(=O)N2c2ccccc2)on1. The van der Waals surface area contributed by atoms with Gasteiger partial charge in [0.05, 0.1) is 11.4 Å². The molecule has 0 fully saturated rings. The topological polar surface area (TPSA) is 101 Å². The van der Waals surface area contributed by atoms with Crippen LogP contribution in [0.4, 0.5) is 11.6 Å². The maximum Gasteiger partial charge on any atom is 0.302 e. The molecule has 1 aliphatic rings. The molecule has 3 aromatic rings. The zero-order chi connectivity index (χ0) is 25.5. The Labute approximate surface area is 213 Å². The third kappa shape index (κ3) is 6.27. The molecule has 0 unspecified atom stereocenters. The van der Waals surface area contributed by atoms with Crippen LogP contribution in [0.5, 0.6) is 0 Å². The van der Waals surface area contributed by atoms with E-state index in [0.717, 1.165) is 5.56 Å². The average molecular weight is 507 g/mol. The maximum atomic E-state index is 13.3. The zero-order valence-electron chi connectivity index (χ0n) is 20.4. The number of para-hydroxylation sites is 1. The van der Waals surface area contributed by atoms with Gasteiger partial charge in [0.15, 0.2) is 5.17 Å². The summed E-state index contributed by atoms with van der Waals surface area (Å²) in [5, 5.41) is 6.93. The third-order valence-electron chi connectivity index (χ3n) is 5.38. The summed E-state index contributed by atoms with van der Waals surface area (Å²) < 4.78 is 11.7. The van der Waals surface area contributed by atoms with Gasteiger partial charge in [0.25, 0.3) is 12.1 Å². The summed E-state index contributed by atoms with van der Waals surface area (Å²) in [7, 11) is 1.60. The van der Waals surface area contributed by atoms with Crippen LogP contribution in [0, 0.1) is 0 Å². The summed E-state index contributed by atoms with van der Waals surface area (Å²) in [6, 6.07) is 17.3. The van der Waals surface area contributed by atoms with Gasteiger partial charge in [-0.2, -0.15) is 0 Å². The molecule has 1 N–H and O–H groups in total. The summed E-state index contributed by atoms with van der Waals surface area (Å²) in [5.41, 5.74) is 3.11. The lowest BCUT2D eigenvalue weighted by Gasteiger charge is -2.17. The highest BCUT2D eigenvalue weighted by Crippen LogP contribution is 2.29. The van der Waals surface area contributed by atoms with E-state index < -0.39 is 0 Å². The highest BCUT2D eigenvalue weighted by Gasteiger charge is 2.32. The molecule has 1 aromatic heterocycles. The van der Waals surface area contributed by atoms with E-state index in [9.17, 15) is 9.59 Å². The fourth-order valence-corrected chi connectivity index (χ4v) is 4.27. The molecule has 0 saturated heterocycles.